The summed E-state index contributed by atoms with van der Waals surface area (Å²) in [6.07, 6.45) is -0.00293. The molecule has 0 radical (unpaired) electrons. The zero-order valence-electron chi connectivity index (χ0n) is 10.7. The second-order valence-corrected chi connectivity index (χ2v) is 6.48. The minimum absolute atomic E-state index is 0.0670. The van der Waals surface area contributed by atoms with Gasteiger partial charge in [-0.25, -0.2) is 0 Å². The Balaban J connectivity index is 1.97. The van der Waals surface area contributed by atoms with Crippen molar-refractivity contribution in [3.8, 4) is 0 Å². The lowest BCUT2D eigenvalue weighted by Crippen LogP contribution is -2.35. The number of rotatable bonds is 2. The summed E-state index contributed by atoms with van der Waals surface area (Å²) in [6.45, 7) is 6.61. The number of aliphatic hydroxyl groups excluding tert-OH is 1. The molecule has 0 bridgehead atoms. The van der Waals surface area contributed by atoms with E-state index in [1.807, 2.05) is 20.8 Å². The summed E-state index contributed by atoms with van der Waals surface area (Å²) in [5.74, 6) is -0.164. The Hall–Kier alpha value is -1.05. The molecule has 1 fully saturated rings. The van der Waals surface area contributed by atoms with Crippen LogP contribution >= 0.6 is 11.3 Å². The predicted octanol–water partition coefficient (Wildman–Crippen LogP) is 0.497. The van der Waals surface area contributed by atoms with Gasteiger partial charge in [-0.2, -0.15) is 0 Å². The molecule has 0 spiro atoms. The Bertz CT molecular complexity index is 440. The number of nitrogens with one attached hydrogen (secondary N) is 2. The number of aromatic nitrogens is 2. The molecule has 0 aliphatic carbocycles. The summed E-state index contributed by atoms with van der Waals surface area (Å²) in [5, 5.41) is 24.5. The average molecular weight is 270 g/mol. The highest BCUT2D eigenvalue weighted by molar-refractivity contribution is 7.15. The molecule has 7 heteroatoms. The van der Waals surface area contributed by atoms with Crippen LogP contribution in [0.3, 0.4) is 0 Å². The van der Waals surface area contributed by atoms with Crippen LogP contribution in [0.2, 0.25) is 0 Å². The molecule has 1 amide bonds. The first-order chi connectivity index (χ1) is 8.36. The fourth-order valence-electron chi connectivity index (χ4n) is 1.69. The van der Waals surface area contributed by atoms with E-state index in [2.05, 4.69) is 20.8 Å². The van der Waals surface area contributed by atoms with Crippen LogP contribution in [0.4, 0.5) is 5.13 Å². The maximum absolute atomic E-state index is 11.9. The van der Waals surface area contributed by atoms with E-state index < -0.39 is 6.10 Å². The van der Waals surface area contributed by atoms with Gasteiger partial charge in [0.05, 0.1) is 12.1 Å². The Morgan fingerprint density at radius 3 is 2.72 bits per heavy atom. The van der Waals surface area contributed by atoms with Gasteiger partial charge in [-0.15, -0.1) is 10.2 Å². The van der Waals surface area contributed by atoms with E-state index in [4.69, 9.17) is 0 Å². The molecule has 1 aliphatic heterocycles. The normalized spacial score (nSPS) is 24.2. The van der Waals surface area contributed by atoms with E-state index >= 15 is 0 Å². The van der Waals surface area contributed by atoms with Crippen LogP contribution in [0.25, 0.3) is 0 Å². The molecule has 2 rings (SSSR count). The lowest BCUT2D eigenvalue weighted by Gasteiger charge is -2.12. The Kier molecular flexibility index (Phi) is 3.65. The predicted molar refractivity (Wildman–Crippen MR) is 69.7 cm³/mol. The van der Waals surface area contributed by atoms with E-state index in [0.29, 0.717) is 18.1 Å². The lowest BCUT2D eigenvalue weighted by atomic mass is 9.98. The van der Waals surface area contributed by atoms with Crippen molar-refractivity contribution in [1.29, 1.82) is 0 Å². The summed E-state index contributed by atoms with van der Waals surface area (Å²) in [7, 11) is 0. The number of β-amino-alcohol motifs (C(OH)–C–C–N with tert-alkyl or cyclic N) is 1. The Morgan fingerprint density at radius 2 is 2.22 bits per heavy atom. The molecule has 6 nitrogen and oxygen atoms in total. The van der Waals surface area contributed by atoms with Gasteiger partial charge in [0.2, 0.25) is 11.0 Å². The highest BCUT2D eigenvalue weighted by Gasteiger charge is 2.29. The van der Waals surface area contributed by atoms with Gasteiger partial charge in [0, 0.05) is 12.0 Å². The molecular weight excluding hydrogens is 252 g/mol. The smallest absolute Gasteiger partial charge is 0.243 e. The van der Waals surface area contributed by atoms with Crippen LogP contribution < -0.4 is 10.6 Å². The third-order valence-corrected chi connectivity index (χ3v) is 3.99. The van der Waals surface area contributed by atoms with E-state index in [-0.39, 0.29) is 17.4 Å². The highest BCUT2D eigenvalue weighted by Crippen LogP contribution is 2.27. The molecule has 1 saturated heterocycles. The van der Waals surface area contributed by atoms with Crippen molar-refractivity contribution >= 4 is 22.4 Å². The molecule has 100 valence electrons. The van der Waals surface area contributed by atoms with E-state index in [9.17, 15) is 9.90 Å². The second kappa shape index (κ2) is 4.91. The summed E-state index contributed by atoms with van der Waals surface area (Å²) < 4.78 is 0. The van der Waals surface area contributed by atoms with Crippen LogP contribution in [0.5, 0.6) is 0 Å². The van der Waals surface area contributed by atoms with Crippen LogP contribution in [0.1, 0.15) is 32.2 Å². The SMILES string of the molecule is CC(C)(C)c1nnc(NC(=O)C2CC(O)CN2)s1. The fourth-order valence-corrected chi connectivity index (χ4v) is 2.49. The van der Waals surface area contributed by atoms with E-state index in [1.54, 1.807) is 0 Å². The molecule has 3 N–H and O–H groups in total. The van der Waals surface area contributed by atoms with Crippen LogP contribution in [0.15, 0.2) is 0 Å². The summed E-state index contributed by atoms with van der Waals surface area (Å²) in [4.78, 5) is 11.9. The molecule has 1 aliphatic rings. The van der Waals surface area contributed by atoms with Gasteiger partial charge >= 0.3 is 0 Å². The summed E-state index contributed by atoms with van der Waals surface area (Å²) in [6, 6.07) is -0.345. The number of hydrogen-bond donors (Lipinski definition) is 3. The van der Waals surface area contributed by atoms with E-state index in [0.717, 1.165) is 5.01 Å². The molecule has 18 heavy (non-hydrogen) atoms. The van der Waals surface area contributed by atoms with Crippen molar-refractivity contribution in [2.75, 3.05) is 11.9 Å². The minimum atomic E-state index is -0.444. The quantitative estimate of drug-likeness (QED) is 0.728. The zero-order valence-corrected chi connectivity index (χ0v) is 11.5. The summed E-state index contributed by atoms with van der Waals surface area (Å²) >= 11 is 1.38. The van der Waals surface area contributed by atoms with E-state index in [1.165, 1.54) is 11.3 Å². The monoisotopic (exact) mass is 270 g/mol. The number of amides is 1. The number of anilines is 1. The van der Waals surface area contributed by atoms with Gasteiger partial charge in [0.25, 0.3) is 0 Å². The molecule has 2 unspecified atom stereocenters. The first-order valence-corrected chi connectivity index (χ1v) is 6.74. The molecule has 2 heterocycles. The summed E-state index contributed by atoms with van der Waals surface area (Å²) in [5.41, 5.74) is -0.0670. The third kappa shape index (κ3) is 3.04. The number of nitrogens with zero attached hydrogens (tertiary/aromatic N) is 2. The minimum Gasteiger partial charge on any atom is -0.392 e. The van der Waals surface area contributed by atoms with Gasteiger partial charge in [0.15, 0.2) is 0 Å². The van der Waals surface area contributed by atoms with Crippen molar-refractivity contribution < 1.29 is 9.90 Å². The molecule has 0 saturated carbocycles. The molecular formula is C11H18N4O2S. The molecule has 0 aromatic carbocycles. The second-order valence-electron chi connectivity index (χ2n) is 5.50. The van der Waals surface area contributed by atoms with Crippen LogP contribution in [-0.4, -0.2) is 39.9 Å². The van der Waals surface area contributed by atoms with Crippen molar-refractivity contribution in [1.82, 2.24) is 15.5 Å². The zero-order chi connectivity index (χ0) is 13.3. The number of aliphatic hydroxyl groups is 1. The van der Waals surface area contributed by atoms with Crippen molar-refractivity contribution in [2.45, 2.75) is 44.8 Å². The first kappa shape index (κ1) is 13.4. The van der Waals surface area contributed by atoms with Crippen LogP contribution in [0, 0.1) is 0 Å². The Morgan fingerprint density at radius 1 is 1.50 bits per heavy atom. The largest absolute Gasteiger partial charge is 0.392 e. The maximum Gasteiger partial charge on any atom is 0.243 e. The first-order valence-electron chi connectivity index (χ1n) is 5.92. The highest BCUT2D eigenvalue weighted by atomic mass is 32.1. The van der Waals surface area contributed by atoms with Gasteiger partial charge in [-0.1, -0.05) is 32.1 Å². The van der Waals surface area contributed by atoms with Gasteiger partial charge < -0.3 is 10.4 Å². The van der Waals surface area contributed by atoms with Crippen molar-refractivity contribution in [2.24, 2.45) is 0 Å². The molecule has 1 aromatic rings. The third-order valence-electron chi connectivity index (χ3n) is 2.72. The van der Waals surface area contributed by atoms with Crippen molar-refractivity contribution in [3.63, 3.8) is 0 Å². The fraction of sp³-hybridized carbons (Fsp3) is 0.727. The standard InChI is InChI=1S/C11H18N4O2S/c1-11(2,3)9-14-15-10(18-9)13-8(17)7-4-6(16)5-12-7/h6-7,12,16H,4-5H2,1-3H3,(H,13,15,17). The average Bonchev–Trinajstić information content (AvgIpc) is 2.85. The van der Waals surface area contributed by atoms with Gasteiger partial charge in [-0.3, -0.25) is 10.1 Å². The number of carbonyl (C=O) groups is 1. The maximum atomic E-state index is 11.9. The lowest BCUT2D eigenvalue weighted by molar-refractivity contribution is -0.117. The van der Waals surface area contributed by atoms with Gasteiger partial charge in [0.1, 0.15) is 5.01 Å². The molecule has 2 atom stereocenters. The van der Waals surface area contributed by atoms with Crippen LogP contribution in [-0.2, 0) is 10.2 Å². The number of carbonyl (C=O) groups excluding carboxylic acids is 1. The number of hydrogen-bond acceptors (Lipinski definition) is 6. The topological polar surface area (TPSA) is 87.1 Å². The Labute approximate surface area is 110 Å². The molecule has 1 aromatic heterocycles. The van der Waals surface area contributed by atoms with Gasteiger partial charge in [-0.05, 0) is 6.42 Å². The van der Waals surface area contributed by atoms with Crippen molar-refractivity contribution in [3.05, 3.63) is 5.01 Å².